The third kappa shape index (κ3) is 1.72. The molecule has 0 aliphatic heterocycles. The van der Waals surface area contributed by atoms with Crippen LogP contribution in [-0.2, 0) is 0 Å². The van der Waals surface area contributed by atoms with Gasteiger partial charge in [-0.3, -0.25) is 4.99 Å². The Kier molecular flexibility index (Phi) is 2.41. The van der Waals surface area contributed by atoms with Crippen molar-refractivity contribution < 1.29 is 14.3 Å². The van der Waals surface area contributed by atoms with Gasteiger partial charge in [0.05, 0.1) is 11.3 Å². The van der Waals surface area contributed by atoms with Crippen molar-refractivity contribution in [2.45, 2.75) is 6.92 Å². The van der Waals surface area contributed by atoms with E-state index in [2.05, 4.69) is 11.7 Å². The maximum absolute atomic E-state index is 12.8. The van der Waals surface area contributed by atoms with Crippen molar-refractivity contribution >= 4 is 18.4 Å². The summed E-state index contributed by atoms with van der Waals surface area (Å²) in [6.07, 6.45) is 0. The van der Waals surface area contributed by atoms with E-state index in [1.54, 1.807) is 0 Å². The normalized spacial score (nSPS) is 9.69. The molecule has 0 aliphatic carbocycles. The Morgan fingerprint density at radius 3 is 2.69 bits per heavy atom. The smallest absolute Gasteiger partial charge is 0.338 e. The van der Waals surface area contributed by atoms with Crippen LogP contribution in [0.4, 0.5) is 10.1 Å². The number of rotatable bonds is 2. The van der Waals surface area contributed by atoms with Crippen molar-refractivity contribution in [3.05, 3.63) is 29.1 Å². The summed E-state index contributed by atoms with van der Waals surface area (Å²) in [4.78, 5) is 14.1. The third-order valence-corrected chi connectivity index (χ3v) is 1.66. The zero-order chi connectivity index (χ0) is 10.0. The Morgan fingerprint density at radius 1 is 1.62 bits per heavy atom. The number of benzene rings is 1. The first-order valence-electron chi connectivity index (χ1n) is 3.56. The molecule has 0 heterocycles. The zero-order valence-corrected chi connectivity index (χ0v) is 7.04. The summed E-state index contributed by atoms with van der Waals surface area (Å²) in [6.45, 7) is 4.69. The van der Waals surface area contributed by atoms with E-state index in [-0.39, 0.29) is 11.3 Å². The molecule has 3 nitrogen and oxygen atoms in total. The van der Waals surface area contributed by atoms with Gasteiger partial charge in [0.25, 0.3) is 0 Å². The summed E-state index contributed by atoms with van der Waals surface area (Å²) in [7, 11) is 0. The van der Waals surface area contributed by atoms with E-state index < -0.39 is 11.8 Å². The summed E-state index contributed by atoms with van der Waals surface area (Å²) >= 11 is 0. The maximum Gasteiger partial charge on any atom is 0.338 e. The minimum Gasteiger partial charge on any atom is -0.478 e. The van der Waals surface area contributed by atoms with Gasteiger partial charge in [0.15, 0.2) is 0 Å². The molecule has 0 fully saturated rings. The first kappa shape index (κ1) is 9.38. The zero-order valence-electron chi connectivity index (χ0n) is 7.04. The standard InChI is InChI=1S/C9H8FNO2/c1-5-3-6(10)4-7(11-2)8(5)9(12)13/h3-4H,2H2,1H3,(H,12,13). The predicted molar refractivity (Wildman–Crippen MR) is 47.3 cm³/mol. The van der Waals surface area contributed by atoms with Crippen molar-refractivity contribution in [3.63, 3.8) is 0 Å². The van der Waals surface area contributed by atoms with Crippen LogP contribution < -0.4 is 0 Å². The van der Waals surface area contributed by atoms with Crippen LogP contribution in [0.15, 0.2) is 17.1 Å². The first-order chi connectivity index (χ1) is 6.06. The summed E-state index contributed by atoms with van der Waals surface area (Å²) in [6, 6.07) is 2.20. The van der Waals surface area contributed by atoms with Gasteiger partial charge in [-0.1, -0.05) is 0 Å². The van der Waals surface area contributed by atoms with Gasteiger partial charge in [-0.2, -0.15) is 0 Å². The molecule has 0 spiro atoms. The Hall–Kier alpha value is -1.71. The van der Waals surface area contributed by atoms with Crippen LogP contribution in [0, 0.1) is 12.7 Å². The van der Waals surface area contributed by atoms with Crippen LogP contribution in [0.1, 0.15) is 15.9 Å². The predicted octanol–water partition coefficient (Wildman–Crippen LogP) is 2.16. The van der Waals surface area contributed by atoms with E-state index in [1.807, 2.05) is 0 Å². The second kappa shape index (κ2) is 3.35. The molecular weight excluding hydrogens is 173 g/mol. The van der Waals surface area contributed by atoms with Crippen molar-refractivity contribution in [3.8, 4) is 0 Å². The SMILES string of the molecule is C=Nc1cc(F)cc(C)c1C(=O)O. The number of carboxylic acids is 1. The van der Waals surface area contributed by atoms with Gasteiger partial charge in [0.2, 0.25) is 0 Å². The monoisotopic (exact) mass is 181 g/mol. The quantitative estimate of drug-likeness (QED) is 0.710. The number of aryl methyl sites for hydroxylation is 1. The fourth-order valence-electron chi connectivity index (χ4n) is 1.13. The van der Waals surface area contributed by atoms with Gasteiger partial charge >= 0.3 is 5.97 Å². The lowest BCUT2D eigenvalue weighted by atomic mass is 10.1. The van der Waals surface area contributed by atoms with Crippen LogP contribution in [0.25, 0.3) is 0 Å². The fraction of sp³-hybridized carbons (Fsp3) is 0.111. The van der Waals surface area contributed by atoms with Gasteiger partial charge in [0.1, 0.15) is 5.82 Å². The highest BCUT2D eigenvalue weighted by molar-refractivity contribution is 5.95. The lowest BCUT2D eigenvalue weighted by Gasteiger charge is -2.04. The van der Waals surface area contributed by atoms with Crippen LogP contribution in [-0.4, -0.2) is 17.8 Å². The molecule has 0 saturated carbocycles. The van der Waals surface area contributed by atoms with Crippen molar-refractivity contribution in [2.24, 2.45) is 4.99 Å². The molecule has 68 valence electrons. The number of carbonyl (C=O) groups is 1. The Balaban J connectivity index is 3.47. The van der Waals surface area contributed by atoms with Crippen LogP contribution in [0.3, 0.4) is 0 Å². The molecule has 1 aromatic carbocycles. The fourth-order valence-corrected chi connectivity index (χ4v) is 1.13. The highest BCUT2D eigenvalue weighted by atomic mass is 19.1. The molecule has 0 aromatic heterocycles. The summed E-state index contributed by atoms with van der Waals surface area (Å²) in [5, 5.41) is 8.76. The van der Waals surface area contributed by atoms with Gasteiger partial charge in [0, 0.05) is 6.07 Å². The number of halogens is 1. The van der Waals surface area contributed by atoms with Crippen molar-refractivity contribution in [1.29, 1.82) is 0 Å². The van der Waals surface area contributed by atoms with Crippen molar-refractivity contribution in [1.82, 2.24) is 0 Å². The number of hydrogen-bond acceptors (Lipinski definition) is 2. The second-order valence-corrected chi connectivity index (χ2v) is 2.58. The molecule has 0 saturated heterocycles. The van der Waals surface area contributed by atoms with Crippen LogP contribution in [0.2, 0.25) is 0 Å². The minimum absolute atomic E-state index is 0.00333. The van der Waals surface area contributed by atoms with E-state index >= 15 is 0 Å². The number of carboxylic acid groups (broad SMARTS) is 1. The largest absolute Gasteiger partial charge is 0.478 e. The van der Waals surface area contributed by atoms with Gasteiger partial charge in [-0.15, -0.1) is 0 Å². The van der Waals surface area contributed by atoms with E-state index in [0.29, 0.717) is 5.56 Å². The third-order valence-electron chi connectivity index (χ3n) is 1.66. The van der Waals surface area contributed by atoms with E-state index in [1.165, 1.54) is 6.92 Å². The van der Waals surface area contributed by atoms with Gasteiger partial charge in [-0.25, -0.2) is 9.18 Å². The molecule has 4 heteroatoms. The molecule has 13 heavy (non-hydrogen) atoms. The topological polar surface area (TPSA) is 49.7 Å². The molecule has 1 N–H and O–H groups in total. The molecule has 0 unspecified atom stereocenters. The molecule has 0 bridgehead atoms. The highest BCUT2D eigenvalue weighted by Crippen LogP contribution is 2.23. The van der Waals surface area contributed by atoms with E-state index in [4.69, 9.17) is 5.11 Å². The summed E-state index contributed by atoms with van der Waals surface area (Å²) < 4.78 is 12.8. The molecule has 0 amide bonds. The van der Waals surface area contributed by atoms with Gasteiger partial charge < -0.3 is 5.11 Å². The number of nitrogens with zero attached hydrogens (tertiary/aromatic N) is 1. The van der Waals surface area contributed by atoms with E-state index in [0.717, 1.165) is 12.1 Å². The van der Waals surface area contributed by atoms with Gasteiger partial charge in [-0.05, 0) is 25.3 Å². The molecule has 0 aliphatic rings. The summed E-state index contributed by atoms with van der Waals surface area (Å²) in [5.41, 5.74) is 0.399. The Bertz CT molecular complexity index is 374. The lowest BCUT2D eigenvalue weighted by molar-refractivity contribution is 0.0697. The molecule has 1 rings (SSSR count). The summed E-state index contributed by atoms with van der Waals surface area (Å²) in [5.74, 6) is -1.63. The molecule has 1 aromatic rings. The minimum atomic E-state index is -1.13. The molecule has 0 atom stereocenters. The lowest BCUT2D eigenvalue weighted by Crippen LogP contribution is -2.00. The average Bonchev–Trinajstić information content (AvgIpc) is 2.01. The van der Waals surface area contributed by atoms with Crippen molar-refractivity contribution in [2.75, 3.05) is 0 Å². The highest BCUT2D eigenvalue weighted by Gasteiger charge is 2.13. The number of aromatic carboxylic acids is 1. The first-order valence-corrected chi connectivity index (χ1v) is 3.56. The van der Waals surface area contributed by atoms with E-state index in [9.17, 15) is 9.18 Å². The average molecular weight is 181 g/mol. The maximum atomic E-state index is 12.8. The molecule has 0 radical (unpaired) electrons. The molecular formula is C9H8FNO2. The number of aliphatic imine (C=N–C) groups is 1. The van der Waals surface area contributed by atoms with Crippen LogP contribution in [0.5, 0.6) is 0 Å². The Morgan fingerprint density at radius 2 is 2.23 bits per heavy atom. The second-order valence-electron chi connectivity index (χ2n) is 2.58. The van der Waals surface area contributed by atoms with Crippen LogP contribution >= 0.6 is 0 Å². The Labute approximate surface area is 74.5 Å². The number of hydrogen-bond donors (Lipinski definition) is 1.